The van der Waals surface area contributed by atoms with Crippen LogP contribution in [0.25, 0.3) is 0 Å². The number of aliphatic hydroxyl groups is 2. The van der Waals surface area contributed by atoms with Crippen LogP contribution in [0.1, 0.15) is 6.92 Å². The van der Waals surface area contributed by atoms with E-state index in [1.54, 1.807) is 0 Å². The molecule has 0 aliphatic heterocycles. The van der Waals surface area contributed by atoms with E-state index in [0.29, 0.717) is 0 Å². The van der Waals surface area contributed by atoms with Crippen molar-refractivity contribution in [2.24, 2.45) is 0 Å². The van der Waals surface area contributed by atoms with Crippen LogP contribution in [0.5, 0.6) is 0 Å². The predicted octanol–water partition coefficient (Wildman–Crippen LogP) is -0.154. The fourth-order valence-electron chi connectivity index (χ4n) is 0.212. The van der Waals surface area contributed by atoms with Crippen molar-refractivity contribution in [1.82, 2.24) is 0 Å². The highest BCUT2D eigenvalue weighted by molar-refractivity contribution is 4.55. The molecular formula is C5H10O3. The molecular weight excluding hydrogens is 108 g/mol. The zero-order valence-electron chi connectivity index (χ0n) is 4.74. The largest absolute Gasteiger partial charge is 0.471 e. The van der Waals surface area contributed by atoms with Gasteiger partial charge in [-0.1, -0.05) is 6.58 Å². The first-order valence-electron chi connectivity index (χ1n) is 2.31. The Labute approximate surface area is 48.2 Å². The van der Waals surface area contributed by atoms with E-state index in [4.69, 9.17) is 10.2 Å². The summed E-state index contributed by atoms with van der Waals surface area (Å²) in [6.07, 6.45) is -0.933. The maximum atomic E-state index is 8.58. The quantitative estimate of drug-likeness (QED) is 0.400. The van der Waals surface area contributed by atoms with Crippen molar-refractivity contribution in [3.63, 3.8) is 0 Å². The molecule has 0 saturated carbocycles. The minimum atomic E-state index is -1.15. The Morgan fingerprint density at radius 1 is 1.62 bits per heavy atom. The van der Waals surface area contributed by atoms with Crippen LogP contribution < -0.4 is 0 Å². The molecule has 0 bridgehead atoms. The lowest BCUT2D eigenvalue weighted by molar-refractivity contribution is -0.120. The molecule has 0 saturated heterocycles. The standard InChI is InChI=1S/C5H10O3/c1-3-8-5(7)4(2)6/h3-7H,1H2,2H3. The van der Waals surface area contributed by atoms with Gasteiger partial charge in [0.1, 0.15) is 6.10 Å². The van der Waals surface area contributed by atoms with Gasteiger partial charge < -0.3 is 14.9 Å². The minimum Gasteiger partial charge on any atom is -0.471 e. The first-order valence-corrected chi connectivity index (χ1v) is 2.31. The van der Waals surface area contributed by atoms with Crippen molar-refractivity contribution in [3.05, 3.63) is 12.8 Å². The Morgan fingerprint density at radius 3 is 2.25 bits per heavy atom. The highest BCUT2D eigenvalue weighted by Crippen LogP contribution is 1.92. The van der Waals surface area contributed by atoms with E-state index in [0.717, 1.165) is 6.26 Å². The third-order valence-corrected chi connectivity index (χ3v) is 0.648. The second-order valence-electron chi connectivity index (χ2n) is 1.43. The molecule has 0 fully saturated rings. The highest BCUT2D eigenvalue weighted by Gasteiger charge is 2.07. The Bertz CT molecular complexity index is 70.1. The molecule has 48 valence electrons. The topological polar surface area (TPSA) is 49.7 Å². The monoisotopic (exact) mass is 118 g/mol. The first-order chi connectivity index (χ1) is 3.68. The van der Waals surface area contributed by atoms with Crippen molar-refractivity contribution in [2.75, 3.05) is 0 Å². The summed E-state index contributed by atoms with van der Waals surface area (Å²) in [5.41, 5.74) is 0. The number of ether oxygens (including phenoxy) is 1. The van der Waals surface area contributed by atoms with Gasteiger partial charge in [-0.05, 0) is 6.92 Å². The number of hydrogen-bond donors (Lipinski definition) is 2. The van der Waals surface area contributed by atoms with Gasteiger partial charge in [0.25, 0.3) is 0 Å². The summed E-state index contributed by atoms with van der Waals surface area (Å²) in [5.74, 6) is 0. The zero-order chi connectivity index (χ0) is 6.57. The summed E-state index contributed by atoms with van der Waals surface area (Å²) in [4.78, 5) is 0. The second-order valence-corrected chi connectivity index (χ2v) is 1.43. The summed E-state index contributed by atoms with van der Waals surface area (Å²) in [7, 11) is 0. The first kappa shape index (κ1) is 7.46. The van der Waals surface area contributed by atoms with Gasteiger partial charge in [0.2, 0.25) is 6.29 Å². The van der Waals surface area contributed by atoms with E-state index < -0.39 is 12.4 Å². The van der Waals surface area contributed by atoms with Gasteiger partial charge in [0.15, 0.2) is 0 Å². The van der Waals surface area contributed by atoms with Crippen molar-refractivity contribution < 1.29 is 14.9 Å². The number of aliphatic hydroxyl groups excluding tert-OH is 2. The lowest BCUT2D eigenvalue weighted by Crippen LogP contribution is -2.23. The molecule has 2 N–H and O–H groups in total. The van der Waals surface area contributed by atoms with Crippen LogP contribution in [0.3, 0.4) is 0 Å². The van der Waals surface area contributed by atoms with Gasteiger partial charge in [-0.15, -0.1) is 0 Å². The molecule has 0 aliphatic carbocycles. The molecule has 0 radical (unpaired) electrons. The third-order valence-electron chi connectivity index (χ3n) is 0.648. The molecule has 2 atom stereocenters. The Kier molecular flexibility index (Phi) is 3.23. The van der Waals surface area contributed by atoms with Crippen LogP contribution in [0.4, 0.5) is 0 Å². The third kappa shape index (κ3) is 2.60. The van der Waals surface area contributed by atoms with Gasteiger partial charge in [0, 0.05) is 0 Å². The van der Waals surface area contributed by atoms with Crippen LogP contribution in [-0.4, -0.2) is 22.6 Å². The Hall–Kier alpha value is -0.540. The Morgan fingerprint density at radius 2 is 2.12 bits per heavy atom. The van der Waals surface area contributed by atoms with E-state index >= 15 is 0 Å². The van der Waals surface area contributed by atoms with Crippen LogP contribution >= 0.6 is 0 Å². The predicted molar refractivity (Wildman–Crippen MR) is 29.0 cm³/mol. The van der Waals surface area contributed by atoms with Gasteiger partial charge in [-0.2, -0.15) is 0 Å². The van der Waals surface area contributed by atoms with E-state index in [9.17, 15) is 0 Å². The van der Waals surface area contributed by atoms with E-state index in [1.165, 1.54) is 6.92 Å². The summed E-state index contributed by atoms with van der Waals surface area (Å²) < 4.78 is 4.37. The smallest absolute Gasteiger partial charge is 0.222 e. The summed E-state index contributed by atoms with van der Waals surface area (Å²) in [6, 6.07) is 0. The van der Waals surface area contributed by atoms with Gasteiger partial charge >= 0.3 is 0 Å². The normalized spacial score (nSPS) is 16.9. The molecule has 8 heavy (non-hydrogen) atoms. The van der Waals surface area contributed by atoms with E-state index in [2.05, 4.69) is 11.3 Å². The van der Waals surface area contributed by atoms with Crippen LogP contribution in [-0.2, 0) is 4.74 Å². The average molecular weight is 118 g/mol. The minimum absolute atomic E-state index is 0.868. The fraction of sp³-hybridized carbons (Fsp3) is 0.600. The molecule has 0 aliphatic rings. The molecule has 2 unspecified atom stereocenters. The molecule has 0 aromatic rings. The van der Waals surface area contributed by atoms with Gasteiger partial charge in [0.05, 0.1) is 6.26 Å². The maximum Gasteiger partial charge on any atom is 0.222 e. The highest BCUT2D eigenvalue weighted by atomic mass is 16.6. The summed E-state index contributed by atoms with van der Waals surface area (Å²) in [6.45, 7) is 4.61. The van der Waals surface area contributed by atoms with Crippen molar-refractivity contribution in [1.29, 1.82) is 0 Å². The van der Waals surface area contributed by atoms with Crippen LogP contribution in [0.2, 0.25) is 0 Å². The van der Waals surface area contributed by atoms with Crippen LogP contribution in [0, 0.1) is 0 Å². The lowest BCUT2D eigenvalue weighted by Gasteiger charge is -2.11. The molecule has 0 heterocycles. The molecule has 0 aromatic heterocycles. The van der Waals surface area contributed by atoms with Gasteiger partial charge in [-0.25, -0.2) is 0 Å². The van der Waals surface area contributed by atoms with Crippen molar-refractivity contribution in [2.45, 2.75) is 19.3 Å². The summed E-state index contributed by atoms with van der Waals surface area (Å²) >= 11 is 0. The second kappa shape index (κ2) is 3.46. The van der Waals surface area contributed by atoms with Crippen LogP contribution in [0.15, 0.2) is 12.8 Å². The zero-order valence-corrected chi connectivity index (χ0v) is 4.74. The van der Waals surface area contributed by atoms with Crippen molar-refractivity contribution >= 4 is 0 Å². The fourth-order valence-corrected chi connectivity index (χ4v) is 0.212. The SMILES string of the molecule is C=COC(O)C(C)O. The lowest BCUT2D eigenvalue weighted by atomic mass is 10.4. The Balaban J connectivity index is 3.30. The number of rotatable bonds is 3. The maximum absolute atomic E-state index is 8.58. The molecule has 0 aromatic carbocycles. The molecule has 3 heteroatoms. The molecule has 0 spiro atoms. The van der Waals surface area contributed by atoms with Gasteiger partial charge in [-0.3, -0.25) is 0 Å². The molecule has 0 rings (SSSR count). The van der Waals surface area contributed by atoms with Crippen molar-refractivity contribution in [3.8, 4) is 0 Å². The average Bonchev–Trinajstić information content (AvgIpc) is 1.67. The van der Waals surface area contributed by atoms with E-state index in [1.807, 2.05) is 0 Å². The molecule has 0 amide bonds. The number of hydrogen-bond acceptors (Lipinski definition) is 3. The van der Waals surface area contributed by atoms with E-state index in [-0.39, 0.29) is 0 Å². The summed E-state index contributed by atoms with van der Waals surface area (Å²) in [5, 5.41) is 17.1. The molecule has 3 nitrogen and oxygen atoms in total.